The van der Waals surface area contributed by atoms with Crippen LogP contribution in [0.25, 0.3) is 0 Å². The molecule has 0 amide bonds. The highest BCUT2D eigenvalue weighted by atomic mass is 32.2. The summed E-state index contributed by atoms with van der Waals surface area (Å²) in [6.45, 7) is 0.350. The SMILES string of the molecule is CS(=O)(=O)Nc1cc(N)ccc1OCc1ccccc1. The Bertz CT molecular complexity index is 685. The Morgan fingerprint density at radius 3 is 2.50 bits per heavy atom. The Labute approximate surface area is 118 Å². The van der Waals surface area contributed by atoms with E-state index in [0.717, 1.165) is 11.8 Å². The van der Waals surface area contributed by atoms with E-state index in [9.17, 15) is 8.42 Å². The molecule has 106 valence electrons. The summed E-state index contributed by atoms with van der Waals surface area (Å²) in [5.74, 6) is 0.438. The predicted octanol–water partition coefficient (Wildman–Crippen LogP) is 2.22. The number of nitrogens with one attached hydrogen (secondary N) is 1. The highest BCUT2D eigenvalue weighted by Gasteiger charge is 2.09. The number of benzene rings is 2. The molecule has 6 heteroatoms. The van der Waals surface area contributed by atoms with E-state index in [2.05, 4.69) is 4.72 Å². The van der Waals surface area contributed by atoms with Crippen molar-refractivity contribution in [2.24, 2.45) is 0 Å². The zero-order valence-electron chi connectivity index (χ0n) is 11.0. The molecular formula is C14H16N2O3S. The summed E-state index contributed by atoms with van der Waals surface area (Å²) in [6.07, 6.45) is 1.08. The van der Waals surface area contributed by atoms with Gasteiger partial charge in [-0.1, -0.05) is 30.3 Å². The highest BCUT2D eigenvalue weighted by Crippen LogP contribution is 2.28. The largest absolute Gasteiger partial charge is 0.487 e. The molecule has 20 heavy (non-hydrogen) atoms. The fourth-order valence-electron chi connectivity index (χ4n) is 1.69. The number of nitrogens with two attached hydrogens (primary N) is 1. The van der Waals surface area contributed by atoms with Crippen molar-refractivity contribution in [3.8, 4) is 5.75 Å². The van der Waals surface area contributed by atoms with Crippen LogP contribution in [-0.4, -0.2) is 14.7 Å². The Balaban J connectivity index is 2.18. The van der Waals surface area contributed by atoms with Crippen LogP contribution < -0.4 is 15.2 Å². The molecule has 0 saturated heterocycles. The number of nitrogen functional groups attached to an aromatic ring is 1. The number of hydrogen-bond donors (Lipinski definition) is 2. The minimum atomic E-state index is -3.38. The summed E-state index contributed by atoms with van der Waals surface area (Å²) in [5, 5.41) is 0. The Morgan fingerprint density at radius 2 is 1.85 bits per heavy atom. The van der Waals surface area contributed by atoms with Gasteiger partial charge in [0.05, 0.1) is 11.9 Å². The van der Waals surface area contributed by atoms with Gasteiger partial charge in [0, 0.05) is 5.69 Å². The first-order chi connectivity index (χ1) is 9.44. The van der Waals surface area contributed by atoms with Crippen molar-refractivity contribution in [3.05, 3.63) is 54.1 Å². The van der Waals surface area contributed by atoms with Crippen LogP contribution in [-0.2, 0) is 16.6 Å². The second-order valence-electron chi connectivity index (χ2n) is 4.40. The summed E-state index contributed by atoms with van der Waals surface area (Å²) in [5.41, 5.74) is 7.46. The van der Waals surface area contributed by atoms with Crippen molar-refractivity contribution in [2.75, 3.05) is 16.7 Å². The average molecular weight is 292 g/mol. The number of hydrogen-bond acceptors (Lipinski definition) is 4. The molecule has 0 heterocycles. The lowest BCUT2D eigenvalue weighted by Crippen LogP contribution is -2.11. The van der Waals surface area contributed by atoms with Crippen molar-refractivity contribution in [2.45, 2.75) is 6.61 Å². The minimum absolute atomic E-state index is 0.337. The van der Waals surface area contributed by atoms with Crippen LogP contribution in [0.1, 0.15) is 5.56 Å². The van der Waals surface area contributed by atoms with Gasteiger partial charge in [0.15, 0.2) is 0 Å². The van der Waals surface area contributed by atoms with E-state index < -0.39 is 10.0 Å². The number of sulfonamides is 1. The second-order valence-corrected chi connectivity index (χ2v) is 6.15. The van der Waals surface area contributed by atoms with E-state index in [0.29, 0.717) is 23.7 Å². The molecule has 0 radical (unpaired) electrons. The van der Waals surface area contributed by atoms with Crippen molar-refractivity contribution in [1.82, 2.24) is 0 Å². The molecule has 0 saturated carbocycles. The molecule has 2 aromatic rings. The highest BCUT2D eigenvalue weighted by molar-refractivity contribution is 7.92. The maximum Gasteiger partial charge on any atom is 0.229 e. The molecule has 0 aliphatic heterocycles. The van der Waals surface area contributed by atoms with Gasteiger partial charge in [0.1, 0.15) is 12.4 Å². The fraction of sp³-hybridized carbons (Fsp3) is 0.143. The van der Waals surface area contributed by atoms with Gasteiger partial charge in [-0.25, -0.2) is 8.42 Å². The van der Waals surface area contributed by atoms with Gasteiger partial charge in [-0.15, -0.1) is 0 Å². The van der Waals surface area contributed by atoms with Crippen LogP contribution in [0.5, 0.6) is 5.75 Å². The summed E-state index contributed by atoms with van der Waals surface area (Å²) >= 11 is 0. The van der Waals surface area contributed by atoms with Crippen LogP contribution in [0.2, 0.25) is 0 Å². The lowest BCUT2D eigenvalue weighted by Gasteiger charge is -2.13. The molecule has 0 aromatic heterocycles. The van der Waals surface area contributed by atoms with E-state index >= 15 is 0 Å². The first-order valence-corrected chi connectivity index (χ1v) is 7.87. The number of ether oxygens (including phenoxy) is 1. The number of rotatable bonds is 5. The van der Waals surface area contributed by atoms with Gasteiger partial charge in [-0.2, -0.15) is 0 Å². The fourth-order valence-corrected chi connectivity index (χ4v) is 2.25. The summed E-state index contributed by atoms with van der Waals surface area (Å²) < 4.78 is 30.7. The molecule has 5 nitrogen and oxygen atoms in total. The van der Waals surface area contributed by atoms with E-state index in [-0.39, 0.29) is 0 Å². The molecule has 0 unspecified atom stereocenters. The third kappa shape index (κ3) is 4.17. The molecule has 0 aliphatic rings. The van der Waals surface area contributed by atoms with Gasteiger partial charge >= 0.3 is 0 Å². The second kappa shape index (κ2) is 5.83. The molecule has 0 bridgehead atoms. The van der Waals surface area contributed by atoms with Crippen molar-refractivity contribution < 1.29 is 13.2 Å². The molecule has 0 aliphatic carbocycles. The van der Waals surface area contributed by atoms with E-state index in [1.54, 1.807) is 12.1 Å². The summed E-state index contributed by atoms with van der Waals surface area (Å²) in [6, 6.07) is 14.4. The Morgan fingerprint density at radius 1 is 1.15 bits per heavy atom. The zero-order valence-corrected chi connectivity index (χ0v) is 11.9. The van der Waals surface area contributed by atoms with Crippen LogP contribution in [0.3, 0.4) is 0 Å². The third-order valence-electron chi connectivity index (χ3n) is 2.54. The van der Waals surface area contributed by atoms with Crippen LogP contribution in [0.15, 0.2) is 48.5 Å². The quantitative estimate of drug-likeness (QED) is 0.828. The topological polar surface area (TPSA) is 81.4 Å². The van der Waals surface area contributed by atoms with Gasteiger partial charge < -0.3 is 10.5 Å². The first kappa shape index (κ1) is 14.2. The molecule has 0 fully saturated rings. The Hall–Kier alpha value is -2.21. The summed E-state index contributed by atoms with van der Waals surface area (Å²) in [4.78, 5) is 0. The smallest absolute Gasteiger partial charge is 0.229 e. The normalized spacial score (nSPS) is 11.1. The number of anilines is 2. The molecule has 2 rings (SSSR count). The lowest BCUT2D eigenvalue weighted by atomic mass is 10.2. The Kier molecular flexibility index (Phi) is 4.14. The van der Waals surface area contributed by atoms with Gasteiger partial charge in [-0.3, -0.25) is 4.72 Å². The monoisotopic (exact) mass is 292 g/mol. The zero-order chi connectivity index (χ0) is 14.6. The lowest BCUT2D eigenvalue weighted by molar-refractivity contribution is 0.308. The average Bonchev–Trinajstić information content (AvgIpc) is 2.37. The van der Waals surface area contributed by atoms with Gasteiger partial charge in [-0.05, 0) is 23.8 Å². The molecule has 3 N–H and O–H groups in total. The van der Waals surface area contributed by atoms with Crippen molar-refractivity contribution >= 4 is 21.4 Å². The van der Waals surface area contributed by atoms with E-state index in [1.165, 1.54) is 6.07 Å². The summed E-state index contributed by atoms with van der Waals surface area (Å²) in [7, 11) is -3.38. The van der Waals surface area contributed by atoms with E-state index in [4.69, 9.17) is 10.5 Å². The third-order valence-corrected chi connectivity index (χ3v) is 3.13. The van der Waals surface area contributed by atoms with E-state index in [1.807, 2.05) is 30.3 Å². The maximum absolute atomic E-state index is 11.3. The van der Waals surface area contributed by atoms with Crippen molar-refractivity contribution in [3.63, 3.8) is 0 Å². The van der Waals surface area contributed by atoms with Crippen LogP contribution in [0.4, 0.5) is 11.4 Å². The molecule has 0 spiro atoms. The molecule has 2 aromatic carbocycles. The van der Waals surface area contributed by atoms with Crippen LogP contribution >= 0.6 is 0 Å². The maximum atomic E-state index is 11.3. The van der Waals surface area contributed by atoms with Gasteiger partial charge in [0.25, 0.3) is 0 Å². The minimum Gasteiger partial charge on any atom is -0.487 e. The first-order valence-electron chi connectivity index (χ1n) is 5.98. The van der Waals surface area contributed by atoms with Crippen LogP contribution in [0, 0.1) is 0 Å². The predicted molar refractivity (Wildman–Crippen MR) is 80.1 cm³/mol. The molecule has 0 atom stereocenters. The molecular weight excluding hydrogens is 276 g/mol. The van der Waals surface area contributed by atoms with Crippen molar-refractivity contribution in [1.29, 1.82) is 0 Å². The van der Waals surface area contributed by atoms with Gasteiger partial charge in [0.2, 0.25) is 10.0 Å². The standard InChI is InChI=1S/C14H16N2O3S/c1-20(17,18)16-13-9-12(15)7-8-14(13)19-10-11-5-3-2-4-6-11/h2-9,16H,10,15H2,1H3.